The fraction of sp³-hybridized carbons (Fsp3) is 0.696. The first-order valence-electron chi connectivity index (χ1n) is 25.6. The highest BCUT2D eigenvalue weighted by molar-refractivity contribution is 5.71. The van der Waals surface area contributed by atoms with Gasteiger partial charge < -0.3 is 14.2 Å². The molecule has 0 saturated carbocycles. The third-order valence-corrected chi connectivity index (χ3v) is 10.6. The van der Waals surface area contributed by atoms with Gasteiger partial charge >= 0.3 is 17.9 Å². The lowest BCUT2D eigenvalue weighted by molar-refractivity contribution is -0.167. The summed E-state index contributed by atoms with van der Waals surface area (Å²) in [6, 6.07) is 0. The summed E-state index contributed by atoms with van der Waals surface area (Å²) in [5, 5.41) is 0. The number of carbonyl (C=O) groups excluding carboxylic acids is 3. The molecule has 0 bridgehead atoms. The number of carbonyl (C=O) groups is 3. The van der Waals surface area contributed by atoms with Crippen LogP contribution >= 0.6 is 0 Å². The molecule has 0 saturated heterocycles. The van der Waals surface area contributed by atoms with Crippen molar-refractivity contribution < 1.29 is 28.6 Å². The maximum absolute atomic E-state index is 12.8. The van der Waals surface area contributed by atoms with Crippen LogP contribution in [0.25, 0.3) is 0 Å². The molecule has 6 nitrogen and oxygen atoms in total. The van der Waals surface area contributed by atoms with E-state index in [2.05, 4.69) is 106 Å². The van der Waals surface area contributed by atoms with E-state index in [-0.39, 0.29) is 31.1 Å². The van der Waals surface area contributed by atoms with E-state index in [0.29, 0.717) is 19.3 Å². The Bertz CT molecular complexity index is 1220. The Kier molecular flexibility index (Phi) is 47.5. The highest BCUT2D eigenvalue weighted by atomic mass is 16.6. The molecule has 0 heterocycles. The standard InChI is InChI=1S/C56H94O6/c1-4-7-10-13-16-19-22-25-27-28-30-31-34-37-40-43-46-49-55(58)61-52-53(51-60-54(57)48-45-42-39-36-33-24-21-18-15-12-9-6-3)62-56(59)50-47-44-41-38-35-32-29-26-23-20-17-14-11-8-5-2/h7-8,10-11,16-21,25-27,29,53H,4-6,9,12-15,22-24,28,30-52H2,1-3H3/b10-7-,11-8-,19-16-,20-17-,21-18-,27-25-,29-26-. The van der Waals surface area contributed by atoms with Crippen LogP contribution in [0.2, 0.25) is 0 Å². The summed E-state index contributed by atoms with van der Waals surface area (Å²) < 4.78 is 16.8. The zero-order valence-corrected chi connectivity index (χ0v) is 40.4. The Morgan fingerprint density at radius 3 is 1.00 bits per heavy atom. The summed E-state index contributed by atoms with van der Waals surface area (Å²) in [5.41, 5.74) is 0. The lowest BCUT2D eigenvalue weighted by Gasteiger charge is -2.18. The predicted molar refractivity (Wildman–Crippen MR) is 265 cm³/mol. The Labute approximate surface area is 382 Å². The SMILES string of the molecule is CC/C=C\C/C=C\C/C=C\CCCCCCCCCC(=O)OCC(COC(=O)CCCCCCC/C=C\CCCCC)OC(=O)CCCCCCC/C=C\C/C=C\C/C=C\CC. The number of allylic oxidation sites excluding steroid dienone is 14. The topological polar surface area (TPSA) is 78.9 Å². The van der Waals surface area contributed by atoms with Crippen molar-refractivity contribution in [2.45, 2.75) is 239 Å². The van der Waals surface area contributed by atoms with Crippen molar-refractivity contribution >= 4 is 17.9 Å². The zero-order valence-electron chi connectivity index (χ0n) is 40.4. The van der Waals surface area contributed by atoms with Crippen LogP contribution in [0.4, 0.5) is 0 Å². The van der Waals surface area contributed by atoms with Crippen LogP contribution in [0.5, 0.6) is 0 Å². The Balaban J connectivity index is 4.43. The molecule has 0 aromatic heterocycles. The predicted octanol–water partition coefficient (Wildman–Crippen LogP) is 16.8. The number of ether oxygens (including phenoxy) is 3. The fourth-order valence-electron chi connectivity index (χ4n) is 6.82. The third kappa shape index (κ3) is 47.6. The van der Waals surface area contributed by atoms with Gasteiger partial charge in [0.05, 0.1) is 0 Å². The van der Waals surface area contributed by atoms with Gasteiger partial charge in [0.1, 0.15) is 13.2 Å². The number of hydrogen-bond donors (Lipinski definition) is 0. The summed E-state index contributed by atoms with van der Waals surface area (Å²) in [7, 11) is 0. The average Bonchev–Trinajstić information content (AvgIpc) is 3.27. The van der Waals surface area contributed by atoms with E-state index >= 15 is 0 Å². The van der Waals surface area contributed by atoms with E-state index in [1.807, 2.05) is 0 Å². The second kappa shape index (κ2) is 50.2. The van der Waals surface area contributed by atoms with Crippen molar-refractivity contribution in [1.82, 2.24) is 0 Å². The minimum absolute atomic E-state index is 0.0918. The third-order valence-electron chi connectivity index (χ3n) is 10.6. The van der Waals surface area contributed by atoms with Crippen LogP contribution in [0.3, 0.4) is 0 Å². The molecule has 0 aliphatic rings. The first-order chi connectivity index (χ1) is 30.5. The van der Waals surface area contributed by atoms with Crippen molar-refractivity contribution in [3.8, 4) is 0 Å². The zero-order chi connectivity index (χ0) is 45.1. The van der Waals surface area contributed by atoms with Crippen molar-refractivity contribution in [1.29, 1.82) is 0 Å². The second-order valence-corrected chi connectivity index (χ2v) is 16.7. The average molecular weight is 863 g/mol. The van der Waals surface area contributed by atoms with Gasteiger partial charge in [0.15, 0.2) is 6.10 Å². The lowest BCUT2D eigenvalue weighted by Crippen LogP contribution is -2.30. The number of hydrogen-bond acceptors (Lipinski definition) is 6. The summed E-state index contributed by atoms with van der Waals surface area (Å²) in [4.78, 5) is 38.0. The molecule has 0 aromatic carbocycles. The summed E-state index contributed by atoms with van der Waals surface area (Å²) in [5.74, 6) is -0.929. The van der Waals surface area contributed by atoms with E-state index in [4.69, 9.17) is 14.2 Å². The summed E-state index contributed by atoms with van der Waals surface area (Å²) in [6.07, 6.45) is 64.2. The van der Waals surface area contributed by atoms with Gasteiger partial charge in [-0.05, 0) is 109 Å². The van der Waals surface area contributed by atoms with Gasteiger partial charge in [0.25, 0.3) is 0 Å². The van der Waals surface area contributed by atoms with Gasteiger partial charge in [-0.1, -0.05) is 189 Å². The normalized spacial score (nSPS) is 12.8. The van der Waals surface area contributed by atoms with Gasteiger partial charge in [-0.25, -0.2) is 0 Å². The van der Waals surface area contributed by atoms with Gasteiger partial charge in [0, 0.05) is 19.3 Å². The highest BCUT2D eigenvalue weighted by Crippen LogP contribution is 2.14. The molecule has 62 heavy (non-hydrogen) atoms. The molecule has 0 N–H and O–H groups in total. The van der Waals surface area contributed by atoms with Gasteiger partial charge in [-0.3, -0.25) is 14.4 Å². The van der Waals surface area contributed by atoms with Crippen molar-refractivity contribution in [3.05, 3.63) is 85.1 Å². The molecule has 354 valence electrons. The number of esters is 3. The molecule has 1 unspecified atom stereocenters. The molecule has 6 heteroatoms. The molecule has 1 atom stereocenters. The first kappa shape index (κ1) is 58.6. The van der Waals surface area contributed by atoms with E-state index in [1.54, 1.807) is 0 Å². The summed E-state index contributed by atoms with van der Waals surface area (Å²) in [6.45, 7) is 6.36. The molecule has 0 spiro atoms. The molecule has 0 aliphatic carbocycles. The maximum atomic E-state index is 12.8. The maximum Gasteiger partial charge on any atom is 0.306 e. The van der Waals surface area contributed by atoms with Crippen molar-refractivity contribution in [3.63, 3.8) is 0 Å². The van der Waals surface area contributed by atoms with Crippen LogP contribution in [0.1, 0.15) is 233 Å². The lowest BCUT2D eigenvalue weighted by atomic mass is 10.1. The molecule has 0 aromatic rings. The quantitative estimate of drug-likeness (QED) is 0.0263. The molecule has 0 aliphatic heterocycles. The van der Waals surface area contributed by atoms with Gasteiger partial charge in [-0.2, -0.15) is 0 Å². The number of rotatable bonds is 45. The Morgan fingerprint density at radius 1 is 0.339 bits per heavy atom. The first-order valence-corrected chi connectivity index (χ1v) is 25.6. The molecular weight excluding hydrogens is 769 g/mol. The minimum Gasteiger partial charge on any atom is -0.462 e. The second-order valence-electron chi connectivity index (χ2n) is 16.7. The Morgan fingerprint density at radius 2 is 0.629 bits per heavy atom. The van der Waals surface area contributed by atoms with Crippen LogP contribution < -0.4 is 0 Å². The smallest absolute Gasteiger partial charge is 0.306 e. The van der Waals surface area contributed by atoms with E-state index in [0.717, 1.165) is 128 Å². The van der Waals surface area contributed by atoms with Gasteiger partial charge in [0.2, 0.25) is 0 Å². The van der Waals surface area contributed by atoms with Crippen LogP contribution in [0.15, 0.2) is 85.1 Å². The van der Waals surface area contributed by atoms with Crippen molar-refractivity contribution in [2.24, 2.45) is 0 Å². The fourth-order valence-corrected chi connectivity index (χ4v) is 6.82. The molecule has 0 rings (SSSR count). The molecule has 0 fully saturated rings. The van der Waals surface area contributed by atoms with Crippen LogP contribution in [-0.2, 0) is 28.6 Å². The highest BCUT2D eigenvalue weighted by Gasteiger charge is 2.19. The molecule has 0 radical (unpaired) electrons. The van der Waals surface area contributed by atoms with E-state index in [1.165, 1.54) is 64.2 Å². The minimum atomic E-state index is -0.792. The molecular formula is C56H94O6. The number of unbranched alkanes of at least 4 members (excludes halogenated alkanes) is 20. The largest absolute Gasteiger partial charge is 0.462 e. The summed E-state index contributed by atoms with van der Waals surface area (Å²) >= 11 is 0. The Hall–Kier alpha value is -3.41. The molecule has 0 amide bonds. The van der Waals surface area contributed by atoms with Crippen LogP contribution in [-0.4, -0.2) is 37.2 Å². The van der Waals surface area contributed by atoms with Crippen molar-refractivity contribution in [2.75, 3.05) is 13.2 Å². The van der Waals surface area contributed by atoms with E-state index in [9.17, 15) is 14.4 Å². The monoisotopic (exact) mass is 863 g/mol. The van der Waals surface area contributed by atoms with Crippen LogP contribution in [0, 0.1) is 0 Å². The van der Waals surface area contributed by atoms with E-state index < -0.39 is 6.10 Å². The van der Waals surface area contributed by atoms with Gasteiger partial charge in [-0.15, -0.1) is 0 Å².